The molecule has 0 aliphatic heterocycles. The van der Waals surface area contributed by atoms with Crippen molar-refractivity contribution in [1.29, 1.82) is 0 Å². The van der Waals surface area contributed by atoms with Gasteiger partial charge in [-0.1, -0.05) is 125 Å². The largest absolute Gasteiger partial charge is 0.501 e. The topological polar surface area (TPSA) is 38.9 Å². The first kappa shape index (κ1) is 30.6. The van der Waals surface area contributed by atoms with E-state index >= 15 is 0 Å². The number of halogens is 1. The van der Waals surface area contributed by atoms with Crippen molar-refractivity contribution in [3.05, 3.63) is 168 Å². The van der Waals surface area contributed by atoms with E-state index in [2.05, 4.69) is 79.3 Å². The molecule has 9 rings (SSSR count). The van der Waals surface area contributed by atoms with Gasteiger partial charge in [0.15, 0.2) is 0 Å². The zero-order valence-electron chi connectivity index (χ0n) is 42.1. The number of nitrogens with zero attached hydrogens (tertiary/aromatic N) is 2. The van der Waals surface area contributed by atoms with Crippen molar-refractivity contribution in [2.75, 3.05) is 0 Å². The minimum Gasteiger partial charge on any atom is -0.501 e. The third kappa shape index (κ3) is 8.39. The van der Waals surface area contributed by atoms with Crippen LogP contribution in [0.3, 0.4) is 0 Å². The quantitative estimate of drug-likeness (QED) is 0.130. The molecule has 58 heavy (non-hydrogen) atoms. The van der Waals surface area contributed by atoms with Gasteiger partial charge in [-0.3, -0.25) is 4.39 Å². The van der Waals surface area contributed by atoms with Crippen molar-refractivity contribution < 1.29 is 41.2 Å². The Kier molecular flexibility index (Phi) is 8.46. The third-order valence-corrected chi connectivity index (χ3v) is 9.87. The molecule has 3 nitrogen and oxygen atoms in total. The summed E-state index contributed by atoms with van der Waals surface area (Å²) >= 11 is 0. The number of rotatable bonds is 4. The fourth-order valence-corrected chi connectivity index (χ4v) is 7.02. The van der Waals surface area contributed by atoms with Gasteiger partial charge in [0, 0.05) is 54.7 Å². The molecule has 6 aromatic carbocycles. The van der Waals surface area contributed by atoms with Gasteiger partial charge in [-0.15, -0.1) is 48.0 Å². The molecule has 0 aliphatic rings. The van der Waals surface area contributed by atoms with Crippen LogP contribution in [0.25, 0.3) is 77.1 Å². The number of furan rings is 1. The van der Waals surface area contributed by atoms with Gasteiger partial charge in [0.2, 0.25) is 0 Å². The fraction of sp³-hybridized carbons (Fsp3) is 0.208. The zero-order valence-corrected chi connectivity index (χ0v) is 35.5. The molecule has 0 aliphatic carbocycles. The summed E-state index contributed by atoms with van der Waals surface area (Å²) < 4.78 is 95.9. The van der Waals surface area contributed by atoms with Gasteiger partial charge in [-0.2, -0.15) is 0 Å². The van der Waals surface area contributed by atoms with Gasteiger partial charge in [-0.25, -0.2) is 0 Å². The summed E-state index contributed by atoms with van der Waals surface area (Å²) in [4.78, 5) is 8.91. The fourth-order valence-electron chi connectivity index (χ4n) is 7.02. The van der Waals surface area contributed by atoms with Crippen molar-refractivity contribution in [2.24, 2.45) is 5.41 Å². The molecule has 0 atom stereocenters. The van der Waals surface area contributed by atoms with Crippen LogP contribution in [0.5, 0.6) is 0 Å². The zero-order chi connectivity index (χ0) is 47.7. The molecule has 3 aromatic heterocycles. The summed E-state index contributed by atoms with van der Waals surface area (Å²) in [5, 5.41) is 5.98. The molecule has 0 N–H and O–H groups in total. The van der Waals surface area contributed by atoms with Crippen LogP contribution in [0.15, 0.2) is 132 Å². The number of pyridine rings is 2. The molecule has 0 bridgehead atoms. The van der Waals surface area contributed by atoms with Crippen LogP contribution in [-0.4, -0.2) is 9.97 Å². The van der Waals surface area contributed by atoms with Gasteiger partial charge in [0.25, 0.3) is 0 Å². The average Bonchev–Trinajstić information content (AvgIpc) is 3.62. The first-order chi connectivity index (χ1) is 30.8. The Balaban J connectivity index is 0.000000312. The molecule has 0 amide bonds. The molecule has 0 unspecified atom stereocenters. The normalized spacial score (nSPS) is 14.8. The summed E-state index contributed by atoms with van der Waals surface area (Å²) in [5.74, 6) is -0.278. The number of fused-ring (bicyclic) bond motifs is 6. The second-order valence-corrected chi connectivity index (χ2v) is 16.3. The van der Waals surface area contributed by atoms with E-state index in [0.717, 1.165) is 43.6 Å². The second kappa shape index (κ2) is 16.0. The van der Waals surface area contributed by atoms with E-state index in [1.54, 1.807) is 32.9 Å². The number of hydrogen-bond acceptors (Lipinski definition) is 3. The Morgan fingerprint density at radius 2 is 1.52 bits per heavy atom. The van der Waals surface area contributed by atoms with E-state index in [1.807, 2.05) is 36.5 Å². The first-order valence-electron chi connectivity index (χ1n) is 23.3. The van der Waals surface area contributed by atoms with Gasteiger partial charge >= 0.3 is 0 Å². The molecular formula is C53H47FIrN2O-2. The first-order valence-corrected chi connectivity index (χ1v) is 18.8. The Labute approximate surface area is 367 Å². The number of hydrogen-bond donors (Lipinski definition) is 0. The van der Waals surface area contributed by atoms with Crippen LogP contribution < -0.4 is 0 Å². The van der Waals surface area contributed by atoms with Crippen LogP contribution in [0.2, 0.25) is 0 Å². The SMILES string of the molecule is CC(C)(C)c1ccc(-c2[c-]cc(F)cc2)nc1.[2H]c1cc(C([2H])([2H])C(C)(C)C)cc(C([2H])([2H])[2H])c1-c1cc(-c2[c-]ccc3c2oc2cc4c(ccc5ccccc54)cc23)ncc1C([2H])([2H])[2H].[Ir]. The van der Waals surface area contributed by atoms with Gasteiger partial charge in [0.1, 0.15) is 5.58 Å². The Hall–Kier alpha value is -5.48. The van der Waals surface area contributed by atoms with Crippen LogP contribution in [0.1, 0.15) is 76.1 Å². The Bertz CT molecular complexity index is 3290. The summed E-state index contributed by atoms with van der Waals surface area (Å²) in [6.45, 7) is 6.04. The van der Waals surface area contributed by atoms with Crippen molar-refractivity contribution in [1.82, 2.24) is 9.97 Å². The van der Waals surface area contributed by atoms with Crippen LogP contribution >= 0.6 is 0 Å². The standard InChI is InChI=1S/C38H32NO.C15H15FN.Ir/c1-23-17-25(21-38(3,4)5)13-16-28(23)32-19-35(39-22-24(32)2)31-12-8-11-30-34-18-27-15-14-26-9-6-7-10-29(26)33(27)20-36(34)40-37(30)31;1-15(2,3)12-6-9-14(17-10-12)11-4-7-13(16)8-5-11;/h6-11,13-20,22H,21H2,1-5H3;4,6-10H,1-3H3;/q2*-1;/i1D3,2D3,16D,21D2;;. The van der Waals surface area contributed by atoms with E-state index in [4.69, 9.17) is 16.8 Å². The molecule has 0 saturated heterocycles. The average molecular weight is 948 g/mol. The molecule has 3 heterocycles. The molecule has 9 aromatic rings. The molecule has 0 saturated carbocycles. The van der Waals surface area contributed by atoms with Crippen LogP contribution in [0.4, 0.5) is 4.39 Å². The Morgan fingerprint density at radius 1 is 0.724 bits per heavy atom. The molecule has 0 spiro atoms. The predicted octanol–water partition coefficient (Wildman–Crippen LogP) is 14.6. The van der Waals surface area contributed by atoms with E-state index < -0.39 is 25.5 Å². The second-order valence-electron chi connectivity index (χ2n) is 16.3. The molecular weight excluding hydrogens is 892 g/mol. The van der Waals surface area contributed by atoms with E-state index in [-0.39, 0.29) is 70.9 Å². The van der Waals surface area contributed by atoms with Crippen molar-refractivity contribution in [3.8, 4) is 33.6 Å². The van der Waals surface area contributed by atoms with Gasteiger partial charge < -0.3 is 14.4 Å². The van der Waals surface area contributed by atoms with Gasteiger partial charge in [0.05, 0.1) is 6.95 Å². The maximum absolute atomic E-state index is 12.8. The monoisotopic (exact) mass is 948 g/mol. The molecule has 1 radical (unpaired) electrons. The molecule has 293 valence electrons. The van der Waals surface area contributed by atoms with E-state index in [1.165, 1.54) is 42.1 Å². The minimum absolute atomic E-state index is 0. The van der Waals surface area contributed by atoms with Crippen LogP contribution in [0, 0.1) is 37.1 Å². The van der Waals surface area contributed by atoms with Crippen LogP contribution in [-0.2, 0) is 31.9 Å². The summed E-state index contributed by atoms with van der Waals surface area (Å²) in [5.41, 5.74) is 3.25. The number of aryl methyl sites for hydroxylation is 2. The number of aromatic nitrogens is 2. The predicted molar refractivity (Wildman–Crippen MR) is 236 cm³/mol. The Morgan fingerprint density at radius 3 is 2.24 bits per heavy atom. The summed E-state index contributed by atoms with van der Waals surface area (Å²) in [7, 11) is 0. The minimum atomic E-state index is -2.79. The van der Waals surface area contributed by atoms with E-state index in [9.17, 15) is 4.39 Å². The number of benzene rings is 6. The molecule has 0 fully saturated rings. The van der Waals surface area contributed by atoms with Crippen molar-refractivity contribution >= 4 is 43.5 Å². The van der Waals surface area contributed by atoms with E-state index in [0.29, 0.717) is 16.7 Å². The molecule has 5 heteroatoms. The van der Waals surface area contributed by atoms with Gasteiger partial charge in [-0.05, 0) is 109 Å². The summed E-state index contributed by atoms with van der Waals surface area (Å²) in [6.07, 6.45) is 1.08. The maximum atomic E-state index is 12.8. The third-order valence-electron chi connectivity index (χ3n) is 9.87. The maximum Gasteiger partial charge on any atom is 0.121 e. The smallest absolute Gasteiger partial charge is 0.121 e. The summed E-state index contributed by atoms with van der Waals surface area (Å²) in [6, 6.07) is 38.2. The van der Waals surface area contributed by atoms with Crippen molar-refractivity contribution in [2.45, 2.75) is 67.0 Å². The van der Waals surface area contributed by atoms with Crippen molar-refractivity contribution in [3.63, 3.8) is 0 Å².